The largest absolute Gasteiger partial charge is 0.344 e. The van der Waals surface area contributed by atoms with Crippen LogP contribution >= 0.6 is 22.7 Å². The Labute approximate surface area is 336 Å². The topological polar surface area (TPSA) is 41.7 Å². The molecule has 0 bridgehead atoms. The van der Waals surface area contributed by atoms with E-state index in [9.17, 15) is 0 Å². The van der Waals surface area contributed by atoms with Crippen LogP contribution in [-0.2, 0) is 0 Å². The molecule has 4 heterocycles. The first-order chi connectivity index (χ1) is 28.3. The monoisotopic (exact) mass is 764 g/mol. The minimum absolute atomic E-state index is 0.292. The summed E-state index contributed by atoms with van der Waals surface area (Å²) >= 11 is 3.76. The molecule has 0 fully saturated rings. The second kappa shape index (κ2) is 12.8. The van der Waals surface area contributed by atoms with Crippen LogP contribution in [0.15, 0.2) is 192 Å². The molecule has 12 rings (SSSR count). The van der Waals surface area contributed by atoms with Crippen molar-refractivity contribution in [1.29, 1.82) is 0 Å². The number of hydrogen-bond acceptors (Lipinski definition) is 5. The molecule has 1 N–H and O–H groups in total. The molecule has 57 heavy (non-hydrogen) atoms. The molecule has 268 valence electrons. The first-order valence-electron chi connectivity index (χ1n) is 19.2. The van der Waals surface area contributed by atoms with Gasteiger partial charge in [0.25, 0.3) is 0 Å². The molecule has 6 heteroatoms. The van der Waals surface area contributed by atoms with E-state index in [1.165, 1.54) is 79.0 Å². The second-order valence-corrected chi connectivity index (χ2v) is 16.6. The summed E-state index contributed by atoms with van der Waals surface area (Å²) in [5.41, 5.74) is 9.18. The highest BCUT2D eigenvalue weighted by Crippen LogP contribution is 2.48. The Kier molecular flexibility index (Phi) is 7.30. The summed E-state index contributed by atoms with van der Waals surface area (Å²) in [6, 6.07) is 65.2. The molecule has 1 aliphatic rings. The molecule has 1 aliphatic heterocycles. The lowest BCUT2D eigenvalue weighted by Crippen LogP contribution is -2.33. The number of nitrogens with zero attached hydrogens (tertiary/aromatic N) is 3. The second-order valence-electron chi connectivity index (χ2n) is 14.5. The molecule has 0 amide bonds. The van der Waals surface area contributed by atoms with E-state index in [2.05, 4.69) is 180 Å². The summed E-state index contributed by atoms with van der Waals surface area (Å²) in [5.74, 6) is 1.53. The van der Waals surface area contributed by atoms with Crippen LogP contribution in [-0.4, -0.2) is 16.2 Å². The number of benzene rings is 8. The van der Waals surface area contributed by atoms with E-state index in [-0.39, 0.29) is 6.17 Å². The number of fused-ring (bicyclic) bond motifs is 10. The van der Waals surface area contributed by atoms with E-state index in [0.717, 1.165) is 28.4 Å². The number of thiophene rings is 2. The summed E-state index contributed by atoms with van der Waals surface area (Å²) in [7, 11) is 0. The Hall–Kier alpha value is -6.86. The molecule has 11 aromatic rings. The normalized spacial score (nSPS) is 14.5. The molecule has 0 aliphatic carbocycles. The van der Waals surface area contributed by atoms with Gasteiger partial charge in [-0.15, -0.1) is 22.7 Å². The van der Waals surface area contributed by atoms with Crippen LogP contribution in [0.3, 0.4) is 0 Å². The summed E-state index contributed by atoms with van der Waals surface area (Å²) in [6.45, 7) is 0. The fraction of sp³-hybridized carbons (Fsp3) is 0.0196. The van der Waals surface area contributed by atoms with Crippen LogP contribution in [0.5, 0.6) is 0 Å². The maximum absolute atomic E-state index is 5.36. The van der Waals surface area contributed by atoms with Crippen molar-refractivity contribution in [2.75, 3.05) is 0 Å². The predicted octanol–water partition coefficient (Wildman–Crippen LogP) is 13.7. The highest BCUT2D eigenvalue weighted by atomic mass is 32.1. The van der Waals surface area contributed by atoms with E-state index in [0.29, 0.717) is 0 Å². The lowest BCUT2D eigenvalue weighted by atomic mass is 9.97. The SMILES string of the molecule is c1ccc(C2=NC(c3ccc(-c4ccccc4)c4sc5c(-n6c7ccccc7c7ccc8c9ccccc9sc8c76)cccc5c34)=NC(c3ccccc3)N2)cc1. The zero-order valence-electron chi connectivity index (χ0n) is 30.6. The zero-order chi connectivity index (χ0) is 37.5. The molecule has 4 nitrogen and oxygen atoms in total. The van der Waals surface area contributed by atoms with Crippen LogP contribution in [0, 0.1) is 0 Å². The van der Waals surface area contributed by atoms with Crippen molar-refractivity contribution in [2.45, 2.75) is 6.17 Å². The standard InChI is InChI=1S/C51H32N4S2/c1-4-15-31(16-5-1)34-27-30-40(51-53-49(32-17-6-2-7-18-32)52-50(54-51)33-19-8-3-9-20-33)44-39-23-14-25-42(46(39)57-47(34)44)55-41-24-12-10-21-35(41)37-28-29-38-36-22-11-13-26-43(36)56-48(38)45(37)55/h1-30,49H,(H,52,53,54). The fourth-order valence-corrected chi connectivity index (χ4v) is 11.3. The molecule has 1 unspecified atom stereocenters. The van der Waals surface area contributed by atoms with Crippen LogP contribution in [0.25, 0.3) is 79.0 Å². The van der Waals surface area contributed by atoms with Crippen molar-refractivity contribution in [3.05, 3.63) is 199 Å². The highest BCUT2D eigenvalue weighted by Gasteiger charge is 2.26. The molecule has 0 radical (unpaired) electrons. The smallest absolute Gasteiger partial charge is 0.160 e. The summed E-state index contributed by atoms with van der Waals surface area (Å²) < 4.78 is 7.61. The Morgan fingerprint density at radius 3 is 1.96 bits per heavy atom. The van der Waals surface area contributed by atoms with Crippen LogP contribution in [0.2, 0.25) is 0 Å². The Morgan fingerprint density at radius 2 is 1.14 bits per heavy atom. The van der Waals surface area contributed by atoms with Crippen molar-refractivity contribution >= 4 is 96.5 Å². The molecule has 0 saturated heterocycles. The van der Waals surface area contributed by atoms with E-state index in [4.69, 9.17) is 9.98 Å². The zero-order valence-corrected chi connectivity index (χ0v) is 32.2. The molecule has 0 spiro atoms. The van der Waals surface area contributed by atoms with Gasteiger partial charge < -0.3 is 9.88 Å². The van der Waals surface area contributed by atoms with Gasteiger partial charge in [0.05, 0.1) is 26.1 Å². The molecular weight excluding hydrogens is 733 g/mol. The van der Waals surface area contributed by atoms with Crippen molar-refractivity contribution in [3.63, 3.8) is 0 Å². The van der Waals surface area contributed by atoms with Crippen molar-refractivity contribution in [3.8, 4) is 16.8 Å². The van der Waals surface area contributed by atoms with Crippen molar-refractivity contribution < 1.29 is 0 Å². The average Bonchev–Trinajstić information content (AvgIpc) is 3.97. The lowest BCUT2D eigenvalue weighted by Gasteiger charge is -2.24. The maximum Gasteiger partial charge on any atom is 0.160 e. The summed E-state index contributed by atoms with van der Waals surface area (Å²) in [6.07, 6.45) is -0.292. The quantitative estimate of drug-likeness (QED) is 0.186. The summed E-state index contributed by atoms with van der Waals surface area (Å²) in [4.78, 5) is 10.7. The fourth-order valence-electron chi connectivity index (χ4n) is 8.69. The average molecular weight is 765 g/mol. The van der Waals surface area contributed by atoms with Gasteiger partial charge in [-0.2, -0.15) is 0 Å². The van der Waals surface area contributed by atoms with Crippen molar-refractivity contribution in [1.82, 2.24) is 9.88 Å². The Bertz CT molecular complexity index is 3430. The summed E-state index contributed by atoms with van der Waals surface area (Å²) in [5, 5.41) is 11.2. The van der Waals surface area contributed by atoms with Gasteiger partial charge >= 0.3 is 0 Å². The van der Waals surface area contributed by atoms with Gasteiger partial charge in [-0.3, -0.25) is 0 Å². The first-order valence-corrected chi connectivity index (χ1v) is 20.8. The van der Waals surface area contributed by atoms with E-state index in [1.54, 1.807) is 0 Å². The third-order valence-corrected chi connectivity index (χ3v) is 13.7. The first kappa shape index (κ1) is 32.4. The number of rotatable bonds is 5. The van der Waals surface area contributed by atoms with Gasteiger partial charge in [0.15, 0.2) is 5.84 Å². The minimum Gasteiger partial charge on any atom is -0.344 e. The number of amidine groups is 2. The van der Waals surface area contributed by atoms with Crippen LogP contribution in [0.4, 0.5) is 0 Å². The van der Waals surface area contributed by atoms with E-state index < -0.39 is 0 Å². The molecule has 8 aromatic carbocycles. The number of aromatic nitrogens is 1. The third-order valence-electron chi connectivity index (χ3n) is 11.3. The third kappa shape index (κ3) is 5.04. The van der Waals surface area contributed by atoms with Gasteiger partial charge in [-0.1, -0.05) is 158 Å². The van der Waals surface area contributed by atoms with Crippen LogP contribution in [0.1, 0.15) is 22.9 Å². The Morgan fingerprint density at radius 1 is 0.474 bits per heavy atom. The van der Waals surface area contributed by atoms with Gasteiger partial charge in [0.1, 0.15) is 12.0 Å². The Balaban J connectivity index is 1.18. The number of para-hydroxylation sites is 1. The maximum atomic E-state index is 5.36. The number of hydrogen-bond donors (Lipinski definition) is 1. The van der Waals surface area contributed by atoms with Crippen LogP contribution < -0.4 is 5.32 Å². The molecular formula is C51H32N4S2. The lowest BCUT2D eigenvalue weighted by molar-refractivity contribution is 0.674. The van der Waals surface area contributed by atoms with E-state index >= 15 is 0 Å². The molecule has 1 atom stereocenters. The molecule has 0 saturated carbocycles. The van der Waals surface area contributed by atoms with Gasteiger partial charge in [0.2, 0.25) is 0 Å². The highest BCUT2D eigenvalue weighted by molar-refractivity contribution is 7.27. The number of nitrogens with one attached hydrogen (secondary N) is 1. The minimum atomic E-state index is -0.292. The number of aliphatic imine (C=N–C) groups is 2. The van der Waals surface area contributed by atoms with Gasteiger partial charge in [-0.25, -0.2) is 9.98 Å². The van der Waals surface area contributed by atoms with Gasteiger partial charge in [0, 0.05) is 52.8 Å². The van der Waals surface area contributed by atoms with Crippen molar-refractivity contribution in [2.24, 2.45) is 9.98 Å². The van der Waals surface area contributed by atoms with Gasteiger partial charge in [-0.05, 0) is 41.0 Å². The van der Waals surface area contributed by atoms with E-state index in [1.807, 2.05) is 34.8 Å². The molecule has 3 aromatic heterocycles. The predicted molar refractivity (Wildman–Crippen MR) is 244 cm³/mol.